The van der Waals surface area contributed by atoms with E-state index in [1.807, 2.05) is 24.3 Å². The van der Waals surface area contributed by atoms with Crippen LogP contribution in [0.15, 0.2) is 66.1 Å². The van der Waals surface area contributed by atoms with Gasteiger partial charge in [0.2, 0.25) is 15.9 Å². The van der Waals surface area contributed by atoms with Crippen molar-refractivity contribution in [2.45, 2.75) is 36.4 Å². The summed E-state index contributed by atoms with van der Waals surface area (Å²) in [6, 6.07) is 11.3. The maximum absolute atomic E-state index is 13.4. The van der Waals surface area contributed by atoms with E-state index in [0.717, 1.165) is 36.1 Å². The number of hydrogen-bond acceptors (Lipinski definition) is 3. The summed E-state index contributed by atoms with van der Waals surface area (Å²) in [5.41, 5.74) is 0.821. The molecule has 166 valence electrons. The average Bonchev–Trinajstić information content (AvgIpc) is 2.73. The minimum absolute atomic E-state index is 0.270. The molecule has 9 heteroatoms. The summed E-state index contributed by atoms with van der Waals surface area (Å²) < 4.78 is 66.8. The highest BCUT2D eigenvalue weighted by atomic mass is 32.2. The molecule has 3 rings (SSSR count). The van der Waals surface area contributed by atoms with E-state index >= 15 is 0 Å². The van der Waals surface area contributed by atoms with Gasteiger partial charge < -0.3 is 5.32 Å². The Morgan fingerprint density at radius 2 is 1.84 bits per heavy atom. The summed E-state index contributed by atoms with van der Waals surface area (Å²) in [5, 5.41) is 2.83. The van der Waals surface area contributed by atoms with Crippen LogP contribution in [0.1, 0.15) is 35.6 Å². The number of benzene rings is 2. The van der Waals surface area contributed by atoms with E-state index in [0.29, 0.717) is 16.8 Å². The molecule has 5 nitrogen and oxygen atoms in total. The van der Waals surface area contributed by atoms with Gasteiger partial charge in [-0.25, -0.2) is 8.42 Å². The number of sulfonamides is 1. The van der Waals surface area contributed by atoms with Crippen molar-refractivity contribution >= 4 is 15.9 Å². The summed E-state index contributed by atoms with van der Waals surface area (Å²) in [6.07, 6.45) is -1.15. The van der Waals surface area contributed by atoms with Crippen molar-refractivity contribution < 1.29 is 26.4 Å². The normalized spacial score (nSPS) is 16.6. The lowest BCUT2D eigenvalue weighted by Gasteiger charge is -2.28. The Kier molecular flexibility index (Phi) is 6.86. The zero-order chi connectivity index (χ0) is 22.6. The van der Waals surface area contributed by atoms with Gasteiger partial charge >= 0.3 is 6.18 Å². The summed E-state index contributed by atoms with van der Waals surface area (Å²) >= 11 is 0. The predicted octanol–water partition coefficient (Wildman–Crippen LogP) is 4.08. The number of rotatable bonds is 7. The molecule has 0 aromatic heterocycles. The number of carbonyl (C=O) groups is 1. The summed E-state index contributed by atoms with van der Waals surface area (Å²) in [7, 11) is -4.59. The van der Waals surface area contributed by atoms with Crippen LogP contribution >= 0.6 is 0 Å². The molecule has 1 aliphatic carbocycles. The first-order valence-corrected chi connectivity index (χ1v) is 11.2. The van der Waals surface area contributed by atoms with Gasteiger partial charge in [0.15, 0.2) is 0 Å². The van der Waals surface area contributed by atoms with Gasteiger partial charge in [0.25, 0.3) is 0 Å². The topological polar surface area (TPSA) is 66.5 Å². The van der Waals surface area contributed by atoms with Gasteiger partial charge in [0.05, 0.1) is 23.0 Å². The van der Waals surface area contributed by atoms with Crippen LogP contribution in [0.4, 0.5) is 13.2 Å². The zero-order valence-corrected chi connectivity index (χ0v) is 17.5. The lowest BCUT2D eigenvalue weighted by atomic mass is 9.88. The molecule has 0 fully saturated rings. The van der Waals surface area contributed by atoms with Gasteiger partial charge in [-0.15, -0.1) is 6.58 Å². The second kappa shape index (κ2) is 9.23. The quantitative estimate of drug-likeness (QED) is 0.644. The molecule has 0 aliphatic heterocycles. The molecule has 31 heavy (non-hydrogen) atoms. The number of alkyl halides is 3. The number of aryl methyl sites for hydroxylation is 1. The van der Waals surface area contributed by atoms with E-state index in [4.69, 9.17) is 0 Å². The standard InChI is InChI=1S/C22H23F3N2O3S/c1-2-14-27(31(29,30)20-13-6-5-11-18(20)22(23,24)25)15-21(28)26-19-12-7-9-16-8-3-4-10-17(16)19/h2-6,8,10-11,13,19H,1,7,9,12,14-15H2,(H,26,28). The van der Waals surface area contributed by atoms with Crippen molar-refractivity contribution in [1.29, 1.82) is 0 Å². The summed E-state index contributed by atoms with van der Waals surface area (Å²) in [4.78, 5) is 11.8. The Morgan fingerprint density at radius 1 is 1.16 bits per heavy atom. The molecule has 1 atom stereocenters. The molecule has 0 spiro atoms. The van der Waals surface area contributed by atoms with Crippen molar-refractivity contribution in [3.8, 4) is 0 Å². The fourth-order valence-electron chi connectivity index (χ4n) is 3.76. The van der Waals surface area contributed by atoms with Gasteiger partial charge in [0.1, 0.15) is 0 Å². The molecule has 1 unspecified atom stereocenters. The van der Waals surface area contributed by atoms with E-state index < -0.39 is 39.1 Å². The molecule has 0 bridgehead atoms. The summed E-state index contributed by atoms with van der Waals surface area (Å²) in [6.45, 7) is 2.56. The molecule has 1 amide bonds. The first-order valence-electron chi connectivity index (χ1n) is 9.79. The number of halogens is 3. The Labute approximate surface area is 179 Å². The molecule has 0 saturated carbocycles. The van der Waals surface area contributed by atoms with Crippen LogP contribution in [0.3, 0.4) is 0 Å². The van der Waals surface area contributed by atoms with E-state index in [9.17, 15) is 26.4 Å². The number of hydrogen-bond donors (Lipinski definition) is 1. The minimum Gasteiger partial charge on any atom is -0.348 e. The lowest BCUT2D eigenvalue weighted by molar-refractivity contribution is -0.139. The largest absolute Gasteiger partial charge is 0.417 e. The average molecular weight is 452 g/mol. The van der Waals surface area contributed by atoms with Gasteiger partial charge in [-0.2, -0.15) is 17.5 Å². The zero-order valence-electron chi connectivity index (χ0n) is 16.7. The lowest BCUT2D eigenvalue weighted by Crippen LogP contribution is -2.42. The second-order valence-corrected chi connectivity index (χ2v) is 9.20. The second-order valence-electron chi connectivity index (χ2n) is 7.29. The van der Waals surface area contributed by atoms with Crippen molar-refractivity contribution in [3.63, 3.8) is 0 Å². The van der Waals surface area contributed by atoms with Crippen LogP contribution in [0.5, 0.6) is 0 Å². The Balaban J connectivity index is 1.84. The van der Waals surface area contributed by atoms with Crippen molar-refractivity contribution in [1.82, 2.24) is 9.62 Å². The fraction of sp³-hybridized carbons (Fsp3) is 0.318. The van der Waals surface area contributed by atoms with Crippen molar-refractivity contribution in [2.75, 3.05) is 13.1 Å². The maximum Gasteiger partial charge on any atom is 0.417 e. The SMILES string of the molecule is C=CCN(CC(=O)NC1CCCc2ccccc21)S(=O)(=O)c1ccccc1C(F)(F)F. The van der Waals surface area contributed by atoms with Gasteiger partial charge in [-0.3, -0.25) is 4.79 Å². The first-order chi connectivity index (χ1) is 14.6. The van der Waals surface area contributed by atoms with Crippen LogP contribution in [0.25, 0.3) is 0 Å². The summed E-state index contributed by atoms with van der Waals surface area (Å²) in [5.74, 6) is -0.586. The number of nitrogens with one attached hydrogen (secondary N) is 1. The third-order valence-corrected chi connectivity index (χ3v) is 7.04. The Hall–Kier alpha value is -2.65. The predicted molar refractivity (Wildman–Crippen MR) is 111 cm³/mol. The molecule has 1 aliphatic rings. The molecule has 2 aromatic rings. The van der Waals surface area contributed by atoms with Gasteiger partial charge in [-0.05, 0) is 42.5 Å². The van der Waals surface area contributed by atoms with E-state index in [1.54, 1.807) is 0 Å². The third-order valence-electron chi connectivity index (χ3n) is 5.17. The Bertz CT molecular complexity index is 1070. The van der Waals surface area contributed by atoms with Crippen LogP contribution < -0.4 is 5.32 Å². The Morgan fingerprint density at radius 3 is 2.55 bits per heavy atom. The van der Waals surface area contributed by atoms with Crippen molar-refractivity contribution in [3.05, 3.63) is 77.9 Å². The maximum atomic E-state index is 13.4. The number of nitrogens with zero attached hydrogens (tertiary/aromatic N) is 1. The molecular weight excluding hydrogens is 429 g/mol. The number of carbonyl (C=O) groups excluding carboxylic acids is 1. The van der Waals surface area contributed by atoms with E-state index in [2.05, 4.69) is 11.9 Å². The highest BCUT2D eigenvalue weighted by Crippen LogP contribution is 2.35. The molecule has 0 saturated heterocycles. The van der Waals surface area contributed by atoms with Crippen molar-refractivity contribution in [2.24, 2.45) is 0 Å². The molecule has 2 aromatic carbocycles. The third kappa shape index (κ3) is 5.16. The van der Waals surface area contributed by atoms with Gasteiger partial charge in [-0.1, -0.05) is 42.5 Å². The number of amides is 1. The molecular formula is C22H23F3N2O3S. The van der Waals surface area contributed by atoms with Crippen LogP contribution in [0, 0.1) is 0 Å². The van der Waals surface area contributed by atoms with E-state index in [-0.39, 0.29) is 12.6 Å². The molecule has 1 N–H and O–H groups in total. The van der Waals surface area contributed by atoms with Crippen LogP contribution in [-0.2, 0) is 27.4 Å². The first kappa shape index (κ1) is 23.0. The highest BCUT2D eigenvalue weighted by molar-refractivity contribution is 7.89. The fourth-order valence-corrected chi connectivity index (χ4v) is 5.34. The van der Waals surface area contributed by atoms with E-state index in [1.165, 1.54) is 12.1 Å². The monoisotopic (exact) mass is 452 g/mol. The molecule has 0 heterocycles. The van der Waals surface area contributed by atoms with Gasteiger partial charge in [0, 0.05) is 6.54 Å². The smallest absolute Gasteiger partial charge is 0.348 e. The highest BCUT2D eigenvalue weighted by Gasteiger charge is 2.39. The van der Waals surface area contributed by atoms with Crippen LogP contribution in [0.2, 0.25) is 0 Å². The molecule has 0 radical (unpaired) electrons. The number of fused-ring (bicyclic) bond motifs is 1. The minimum atomic E-state index is -4.85. The van der Waals surface area contributed by atoms with Crippen LogP contribution in [-0.4, -0.2) is 31.7 Å².